The van der Waals surface area contributed by atoms with Gasteiger partial charge in [-0.05, 0) is 61.7 Å². The van der Waals surface area contributed by atoms with Gasteiger partial charge in [-0.3, -0.25) is 14.5 Å². The molecule has 1 aromatic heterocycles. The SMILES string of the molecule is C=C(C#CC(N)=O)c1nc(N)c2ccc(-c3cccc(C(C)N4CCCC4)c3)cc2c1C(N)=O. The number of amides is 2. The van der Waals surface area contributed by atoms with Gasteiger partial charge in [0.2, 0.25) is 0 Å². The van der Waals surface area contributed by atoms with Crippen LogP contribution >= 0.6 is 0 Å². The second kappa shape index (κ2) is 9.38. The van der Waals surface area contributed by atoms with E-state index < -0.39 is 11.8 Å². The molecule has 1 fully saturated rings. The third kappa shape index (κ3) is 4.49. The molecule has 1 atom stereocenters. The number of pyridine rings is 1. The van der Waals surface area contributed by atoms with Crippen LogP contribution in [0.15, 0.2) is 49.0 Å². The molecule has 34 heavy (non-hydrogen) atoms. The molecule has 4 rings (SSSR count). The molecule has 1 aliphatic heterocycles. The van der Waals surface area contributed by atoms with E-state index in [0.717, 1.165) is 24.2 Å². The summed E-state index contributed by atoms with van der Waals surface area (Å²) < 4.78 is 0. The number of allylic oxidation sites excluding steroid dienone is 1. The first-order valence-electron chi connectivity index (χ1n) is 11.1. The molecule has 0 spiro atoms. The second-order valence-electron chi connectivity index (χ2n) is 8.48. The number of nitrogens with two attached hydrogens (primary N) is 3. The van der Waals surface area contributed by atoms with Crippen molar-refractivity contribution >= 4 is 34.0 Å². The van der Waals surface area contributed by atoms with Crippen molar-refractivity contribution in [2.45, 2.75) is 25.8 Å². The molecular weight excluding hydrogens is 426 g/mol. The van der Waals surface area contributed by atoms with Crippen LogP contribution in [0.3, 0.4) is 0 Å². The quantitative estimate of drug-likeness (QED) is 0.511. The Morgan fingerprint density at radius 1 is 1.03 bits per heavy atom. The third-order valence-corrected chi connectivity index (χ3v) is 6.29. The predicted molar refractivity (Wildman–Crippen MR) is 135 cm³/mol. The molecule has 1 aliphatic rings. The lowest BCUT2D eigenvalue weighted by atomic mass is 9.94. The van der Waals surface area contributed by atoms with E-state index in [0.29, 0.717) is 16.8 Å². The van der Waals surface area contributed by atoms with Gasteiger partial charge in [-0.15, -0.1) is 0 Å². The molecule has 0 aliphatic carbocycles. The van der Waals surface area contributed by atoms with Gasteiger partial charge in [-0.1, -0.05) is 42.8 Å². The van der Waals surface area contributed by atoms with E-state index >= 15 is 0 Å². The minimum absolute atomic E-state index is 0.132. The van der Waals surface area contributed by atoms with Gasteiger partial charge in [0.1, 0.15) is 5.82 Å². The topological polar surface area (TPSA) is 128 Å². The van der Waals surface area contributed by atoms with Gasteiger partial charge in [0.15, 0.2) is 0 Å². The van der Waals surface area contributed by atoms with Gasteiger partial charge < -0.3 is 17.2 Å². The highest BCUT2D eigenvalue weighted by atomic mass is 16.1. The number of nitrogens with zero attached hydrogens (tertiary/aromatic N) is 2. The van der Waals surface area contributed by atoms with Crippen molar-refractivity contribution in [1.82, 2.24) is 9.88 Å². The highest BCUT2D eigenvalue weighted by Gasteiger charge is 2.21. The Morgan fingerprint density at radius 3 is 2.41 bits per heavy atom. The van der Waals surface area contributed by atoms with E-state index in [1.165, 1.54) is 18.4 Å². The van der Waals surface area contributed by atoms with E-state index in [4.69, 9.17) is 17.2 Å². The third-order valence-electron chi connectivity index (χ3n) is 6.29. The van der Waals surface area contributed by atoms with Gasteiger partial charge in [-0.25, -0.2) is 4.98 Å². The highest BCUT2D eigenvalue weighted by molar-refractivity contribution is 6.13. The van der Waals surface area contributed by atoms with E-state index in [2.05, 4.69) is 47.4 Å². The van der Waals surface area contributed by atoms with Gasteiger partial charge >= 0.3 is 0 Å². The van der Waals surface area contributed by atoms with Crippen LogP contribution in [0.1, 0.15) is 47.4 Å². The van der Waals surface area contributed by atoms with Crippen molar-refractivity contribution in [3.8, 4) is 23.0 Å². The first-order valence-corrected chi connectivity index (χ1v) is 11.1. The number of hydrogen-bond acceptors (Lipinski definition) is 5. The van der Waals surface area contributed by atoms with Crippen LogP contribution in [0.25, 0.3) is 27.5 Å². The first-order chi connectivity index (χ1) is 16.3. The smallest absolute Gasteiger partial charge is 0.293 e. The number of hydrogen-bond donors (Lipinski definition) is 3. The molecule has 0 bridgehead atoms. The highest BCUT2D eigenvalue weighted by Crippen LogP contribution is 2.34. The summed E-state index contributed by atoms with van der Waals surface area (Å²) in [5.41, 5.74) is 20.6. The number of likely N-dealkylation sites (tertiary alicyclic amines) is 1. The zero-order chi connectivity index (χ0) is 24.4. The number of primary amides is 2. The summed E-state index contributed by atoms with van der Waals surface area (Å²) in [4.78, 5) is 30.3. The molecule has 7 heteroatoms. The van der Waals surface area contributed by atoms with Crippen LogP contribution in [-0.2, 0) is 4.79 Å². The summed E-state index contributed by atoms with van der Waals surface area (Å²) in [5, 5.41) is 1.14. The fraction of sp³-hybridized carbons (Fsp3) is 0.222. The minimum Gasteiger partial charge on any atom is -0.383 e. The molecule has 6 N–H and O–H groups in total. The van der Waals surface area contributed by atoms with E-state index in [-0.39, 0.29) is 22.6 Å². The predicted octanol–water partition coefficient (Wildman–Crippen LogP) is 3.24. The number of aromatic nitrogens is 1. The minimum atomic E-state index is -0.819. The van der Waals surface area contributed by atoms with E-state index in [9.17, 15) is 9.59 Å². The Labute approximate surface area is 198 Å². The maximum Gasteiger partial charge on any atom is 0.293 e. The normalized spacial score (nSPS) is 14.4. The Morgan fingerprint density at radius 2 is 1.74 bits per heavy atom. The molecule has 2 heterocycles. The number of fused-ring (bicyclic) bond motifs is 1. The zero-order valence-electron chi connectivity index (χ0n) is 19.1. The van der Waals surface area contributed by atoms with Crippen LogP contribution < -0.4 is 17.2 Å². The summed E-state index contributed by atoms with van der Waals surface area (Å²) in [6, 6.07) is 14.4. The summed E-state index contributed by atoms with van der Waals surface area (Å²) in [6.45, 7) is 8.28. The molecule has 0 saturated carbocycles. The molecule has 1 unspecified atom stereocenters. The van der Waals surface area contributed by atoms with Crippen molar-refractivity contribution in [3.63, 3.8) is 0 Å². The Kier molecular flexibility index (Phi) is 6.35. The molecular formula is C27H27N5O2. The van der Waals surface area contributed by atoms with Gasteiger partial charge in [-0.2, -0.15) is 0 Å². The maximum absolute atomic E-state index is 12.5. The lowest BCUT2D eigenvalue weighted by Crippen LogP contribution is -2.23. The number of carbonyl (C=O) groups is 2. The van der Waals surface area contributed by atoms with Crippen molar-refractivity contribution in [3.05, 3.63) is 65.9 Å². The van der Waals surface area contributed by atoms with Crippen molar-refractivity contribution < 1.29 is 9.59 Å². The van der Waals surface area contributed by atoms with Crippen LogP contribution in [-0.4, -0.2) is 34.8 Å². The van der Waals surface area contributed by atoms with Crippen molar-refractivity contribution in [2.24, 2.45) is 11.5 Å². The summed E-state index contributed by atoms with van der Waals surface area (Å²) in [7, 11) is 0. The van der Waals surface area contributed by atoms with Crippen LogP contribution in [0.5, 0.6) is 0 Å². The number of anilines is 1. The van der Waals surface area contributed by atoms with Gasteiger partial charge in [0.25, 0.3) is 11.8 Å². The molecule has 1 saturated heterocycles. The largest absolute Gasteiger partial charge is 0.383 e. The molecule has 3 aromatic rings. The molecule has 7 nitrogen and oxygen atoms in total. The molecule has 2 aromatic carbocycles. The standard InChI is InChI=1S/C27H27N5O2/c1-16(8-11-23(28)33)25-24(27(30)34)22-15-20(9-10-21(22)26(29)31-25)19-7-5-6-18(14-19)17(2)32-12-3-4-13-32/h5-7,9-10,14-15,17H,1,3-4,12-13H2,2H3,(H2,28,33)(H2,29,31)(H2,30,34). The number of rotatable bonds is 5. The number of carbonyl (C=O) groups excluding carboxylic acids is 2. The Bertz CT molecular complexity index is 1380. The lowest BCUT2D eigenvalue weighted by molar-refractivity contribution is -0.112. The fourth-order valence-corrected chi connectivity index (χ4v) is 4.50. The summed E-state index contributed by atoms with van der Waals surface area (Å²) >= 11 is 0. The zero-order valence-corrected chi connectivity index (χ0v) is 19.1. The molecule has 0 radical (unpaired) electrons. The fourth-order valence-electron chi connectivity index (χ4n) is 4.50. The average molecular weight is 454 g/mol. The molecule has 172 valence electrons. The summed E-state index contributed by atoms with van der Waals surface area (Å²) in [5.74, 6) is 3.43. The second-order valence-corrected chi connectivity index (χ2v) is 8.48. The van der Waals surface area contributed by atoms with Crippen molar-refractivity contribution in [1.29, 1.82) is 0 Å². The van der Waals surface area contributed by atoms with E-state index in [1.54, 1.807) is 0 Å². The monoisotopic (exact) mass is 453 g/mol. The Balaban J connectivity index is 1.84. The van der Waals surface area contributed by atoms with Crippen LogP contribution in [0.2, 0.25) is 0 Å². The van der Waals surface area contributed by atoms with Crippen LogP contribution in [0.4, 0.5) is 5.82 Å². The van der Waals surface area contributed by atoms with Crippen LogP contribution in [0, 0.1) is 11.8 Å². The number of benzene rings is 2. The summed E-state index contributed by atoms with van der Waals surface area (Å²) in [6.07, 6.45) is 2.47. The average Bonchev–Trinajstić information content (AvgIpc) is 3.36. The Hall–Kier alpha value is -4.15. The molecule has 2 amide bonds. The van der Waals surface area contributed by atoms with Gasteiger partial charge in [0.05, 0.1) is 11.3 Å². The maximum atomic E-state index is 12.5. The lowest BCUT2D eigenvalue weighted by Gasteiger charge is -2.24. The van der Waals surface area contributed by atoms with E-state index in [1.807, 2.05) is 30.3 Å². The number of nitrogen functional groups attached to an aromatic ring is 1. The van der Waals surface area contributed by atoms with Crippen molar-refractivity contribution in [2.75, 3.05) is 18.8 Å². The first kappa shape index (κ1) is 23.0. The van der Waals surface area contributed by atoms with Gasteiger partial charge in [0, 0.05) is 28.3 Å².